The molecule has 3 aromatic rings. The standard InChI is InChI=1S/C35H38N4O7/c1-23(36-32(42)27(20-24-12-5-2-6-13-24)37-30(40)22-26-16-9-4-10-17-26)31(41)33(43)38-28(21-25-14-7-3-8-15-25)34(44)39-19-11-18-29(39)35(45)46/h2-10,12-17,23,27-29H,11,18-22H2,1H3,(H,36,42)(H,37,40)(H,38,43)(H,45,46)/t23?,27?,28?,29-/m0/s1. The van der Waals surface area contributed by atoms with Crippen LogP contribution < -0.4 is 16.0 Å². The van der Waals surface area contributed by atoms with Gasteiger partial charge in [0, 0.05) is 19.4 Å². The monoisotopic (exact) mass is 626 g/mol. The van der Waals surface area contributed by atoms with E-state index in [2.05, 4.69) is 16.0 Å². The van der Waals surface area contributed by atoms with Gasteiger partial charge >= 0.3 is 5.97 Å². The minimum Gasteiger partial charge on any atom is -0.480 e. The molecule has 0 aromatic heterocycles. The van der Waals surface area contributed by atoms with Crippen molar-refractivity contribution in [3.05, 3.63) is 108 Å². The van der Waals surface area contributed by atoms with Gasteiger partial charge in [-0.05, 0) is 36.5 Å². The van der Waals surface area contributed by atoms with E-state index in [0.29, 0.717) is 18.4 Å². The number of Topliss-reactive ketones (excluding diaryl/α,β-unsaturated/α-hetero) is 1. The number of nitrogens with zero attached hydrogens (tertiary/aromatic N) is 1. The quantitative estimate of drug-likeness (QED) is 0.199. The van der Waals surface area contributed by atoms with Gasteiger partial charge in [-0.3, -0.25) is 24.0 Å². The summed E-state index contributed by atoms with van der Waals surface area (Å²) in [5.74, 6) is -4.87. The summed E-state index contributed by atoms with van der Waals surface area (Å²) in [6.45, 7) is 1.57. The minimum absolute atomic E-state index is 0.0366. The lowest BCUT2D eigenvalue weighted by atomic mass is 10.0. The van der Waals surface area contributed by atoms with Crippen LogP contribution in [0.15, 0.2) is 91.0 Å². The van der Waals surface area contributed by atoms with Crippen LogP contribution in [0, 0.1) is 0 Å². The Bertz CT molecular complexity index is 1530. The van der Waals surface area contributed by atoms with Crippen LogP contribution in [0.1, 0.15) is 36.5 Å². The Hall–Kier alpha value is -5.32. The van der Waals surface area contributed by atoms with Gasteiger partial charge in [0.25, 0.3) is 5.91 Å². The number of carbonyl (C=O) groups is 6. The van der Waals surface area contributed by atoms with Crippen molar-refractivity contribution in [2.24, 2.45) is 0 Å². The smallest absolute Gasteiger partial charge is 0.326 e. The van der Waals surface area contributed by atoms with Crippen LogP contribution in [0.5, 0.6) is 0 Å². The predicted octanol–water partition coefficient (Wildman–Crippen LogP) is 1.83. The van der Waals surface area contributed by atoms with Crippen molar-refractivity contribution >= 4 is 35.4 Å². The van der Waals surface area contributed by atoms with Gasteiger partial charge in [0.1, 0.15) is 18.1 Å². The molecular weight excluding hydrogens is 588 g/mol. The molecule has 0 aliphatic carbocycles. The summed E-state index contributed by atoms with van der Waals surface area (Å²) >= 11 is 0. The number of amides is 4. The molecule has 11 heteroatoms. The molecular formula is C35H38N4O7. The molecule has 1 aliphatic heterocycles. The van der Waals surface area contributed by atoms with Crippen molar-refractivity contribution in [1.82, 2.24) is 20.9 Å². The number of benzene rings is 3. The molecule has 4 atom stereocenters. The van der Waals surface area contributed by atoms with Crippen molar-refractivity contribution < 1.29 is 33.9 Å². The Balaban J connectivity index is 1.44. The molecule has 1 aliphatic rings. The van der Waals surface area contributed by atoms with Crippen LogP contribution in [0.2, 0.25) is 0 Å². The zero-order chi connectivity index (χ0) is 33.1. The molecule has 1 saturated heterocycles. The second-order valence-electron chi connectivity index (χ2n) is 11.3. The molecule has 1 heterocycles. The van der Waals surface area contributed by atoms with E-state index in [0.717, 1.165) is 11.1 Å². The maximum atomic E-state index is 13.5. The summed E-state index contributed by atoms with van der Waals surface area (Å²) in [5.41, 5.74) is 2.25. The Labute approximate surface area is 267 Å². The number of carboxylic acid groups (broad SMARTS) is 1. The highest BCUT2D eigenvalue weighted by Crippen LogP contribution is 2.20. The SMILES string of the molecule is CC(NC(=O)C(Cc1ccccc1)NC(=O)Cc1ccccc1)C(=O)C(=O)NC(Cc1ccccc1)C(=O)N1CCC[C@H]1C(=O)O. The van der Waals surface area contributed by atoms with Gasteiger partial charge in [0.2, 0.25) is 23.5 Å². The number of hydrogen-bond donors (Lipinski definition) is 4. The highest BCUT2D eigenvalue weighted by Gasteiger charge is 2.38. The van der Waals surface area contributed by atoms with Crippen LogP contribution in [0.3, 0.4) is 0 Å². The molecule has 0 bridgehead atoms. The molecule has 0 saturated carbocycles. The Kier molecular flexibility index (Phi) is 11.8. The third-order valence-electron chi connectivity index (χ3n) is 7.82. The van der Waals surface area contributed by atoms with Crippen LogP contribution in [-0.4, -0.2) is 76.1 Å². The van der Waals surface area contributed by atoms with E-state index < -0.39 is 53.6 Å². The lowest BCUT2D eigenvalue weighted by Gasteiger charge is -2.27. The molecule has 1 fully saturated rings. The highest BCUT2D eigenvalue weighted by atomic mass is 16.4. The topological polar surface area (TPSA) is 162 Å². The van der Waals surface area contributed by atoms with Crippen LogP contribution in [-0.2, 0) is 48.0 Å². The molecule has 4 rings (SSSR count). The van der Waals surface area contributed by atoms with Crippen LogP contribution in [0.4, 0.5) is 0 Å². The normalized spacial score (nSPS) is 16.0. The third-order valence-corrected chi connectivity index (χ3v) is 7.82. The van der Waals surface area contributed by atoms with E-state index in [1.807, 2.05) is 36.4 Å². The average Bonchev–Trinajstić information content (AvgIpc) is 3.55. The second-order valence-corrected chi connectivity index (χ2v) is 11.3. The van der Waals surface area contributed by atoms with Gasteiger partial charge in [-0.15, -0.1) is 0 Å². The van der Waals surface area contributed by atoms with Gasteiger partial charge in [-0.25, -0.2) is 4.79 Å². The molecule has 0 spiro atoms. The Morgan fingerprint density at radius 2 is 1.26 bits per heavy atom. The van der Waals surface area contributed by atoms with Crippen LogP contribution in [0.25, 0.3) is 0 Å². The number of carboxylic acids is 1. The second kappa shape index (κ2) is 16.1. The highest BCUT2D eigenvalue weighted by molar-refractivity contribution is 6.38. The summed E-state index contributed by atoms with van der Waals surface area (Å²) in [5, 5.41) is 17.4. The fraction of sp³-hybridized carbons (Fsp3) is 0.314. The first-order valence-corrected chi connectivity index (χ1v) is 15.2. The maximum absolute atomic E-state index is 13.5. The Morgan fingerprint density at radius 3 is 1.80 bits per heavy atom. The largest absolute Gasteiger partial charge is 0.480 e. The number of ketones is 1. The van der Waals surface area contributed by atoms with E-state index >= 15 is 0 Å². The van der Waals surface area contributed by atoms with Gasteiger partial charge in [0.05, 0.1) is 12.5 Å². The van der Waals surface area contributed by atoms with Gasteiger partial charge in [-0.1, -0.05) is 91.0 Å². The molecule has 4 N–H and O–H groups in total. The van der Waals surface area contributed by atoms with E-state index in [1.54, 1.807) is 54.6 Å². The first-order valence-electron chi connectivity index (χ1n) is 15.2. The van der Waals surface area contributed by atoms with Crippen molar-refractivity contribution in [3.63, 3.8) is 0 Å². The molecule has 11 nitrogen and oxygen atoms in total. The average molecular weight is 627 g/mol. The molecule has 46 heavy (non-hydrogen) atoms. The summed E-state index contributed by atoms with van der Waals surface area (Å²) in [6, 6.07) is 22.4. The number of nitrogens with one attached hydrogen (secondary N) is 3. The number of carbonyl (C=O) groups excluding carboxylic acids is 5. The fourth-order valence-corrected chi connectivity index (χ4v) is 5.43. The van der Waals surface area contributed by atoms with Crippen LogP contribution >= 0.6 is 0 Å². The number of aliphatic carboxylic acids is 1. The summed E-state index contributed by atoms with van der Waals surface area (Å²) in [6.07, 6.45) is 1.03. The summed E-state index contributed by atoms with van der Waals surface area (Å²) in [7, 11) is 0. The minimum atomic E-state index is -1.29. The Morgan fingerprint density at radius 1 is 0.739 bits per heavy atom. The lowest BCUT2D eigenvalue weighted by molar-refractivity contribution is -0.150. The molecule has 3 aromatic carbocycles. The molecule has 4 amide bonds. The van der Waals surface area contributed by atoms with Gasteiger partial charge < -0.3 is 26.0 Å². The summed E-state index contributed by atoms with van der Waals surface area (Å²) in [4.78, 5) is 79.1. The van der Waals surface area contributed by atoms with Gasteiger partial charge in [0.15, 0.2) is 0 Å². The van der Waals surface area contributed by atoms with E-state index in [4.69, 9.17) is 0 Å². The van der Waals surface area contributed by atoms with E-state index in [9.17, 15) is 33.9 Å². The van der Waals surface area contributed by atoms with Crippen molar-refractivity contribution in [2.75, 3.05) is 6.54 Å². The zero-order valence-corrected chi connectivity index (χ0v) is 25.6. The number of likely N-dealkylation sites (tertiary alicyclic amines) is 1. The zero-order valence-electron chi connectivity index (χ0n) is 25.6. The van der Waals surface area contributed by atoms with Crippen molar-refractivity contribution in [1.29, 1.82) is 0 Å². The van der Waals surface area contributed by atoms with Gasteiger partial charge in [-0.2, -0.15) is 0 Å². The lowest BCUT2D eigenvalue weighted by Crippen LogP contribution is -2.57. The van der Waals surface area contributed by atoms with E-state index in [1.165, 1.54) is 11.8 Å². The fourth-order valence-electron chi connectivity index (χ4n) is 5.43. The van der Waals surface area contributed by atoms with Crippen molar-refractivity contribution in [3.8, 4) is 0 Å². The summed E-state index contributed by atoms with van der Waals surface area (Å²) < 4.78 is 0. The maximum Gasteiger partial charge on any atom is 0.326 e. The van der Waals surface area contributed by atoms with E-state index in [-0.39, 0.29) is 31.7 Å². The first kappa shape index (κ1) is 33.6. The number of hydrogen-bond acceptors (Lipinski definition) is 6. The molecule has 0 radical (unpaired) electrons. The van der Waals surface area contributed by atoms with Crippen molar-refractivity contribution in [2.45, 2.75) is 63.2 Å². The predicted molar refractivity (Wildman–Crippen MR) is 169 cm³/mol. The number of rotatable bonds is 14. The molecule has 240 valence electrons. The molecule has 3 unspecified atom stereocenters. The third kappa shape index (κ3) is 9.34. The first-order chi connectivity index (χ1) is 22.1.